The number of pyridine rings is 2. The molecule has 0 N–H and O–H groups in total. The Morgan fingerprint density at radius 1 is 1.19 bits per heavy atom. The van der Waals surface area contributed by atoms with Crippen LogP contribution in [-0.4, -0.2) is 51.9 Å². The minimum absolute atomic E-state index is 0.0300. The van der Waals surface area contributed by atoms with Crippen LogP contribution < -0.4 is 4.90 Å². The van der Waals surface area contributed by atoms with Crippen molar-refractivity contribution < 1.29 is 9.72 Å². The van der Waals surface area contributed by atoms with Crippen molar-refractivity contribution in [3.63, 3.8) is 0 Å². The van der Waals surface area contributed by atoms with Gasteiger partial charge in [0.05, 0.1) is 4.92 Å². The van der Waals surface area contributed by atoms with Gasteiger partial charge in [0.2, 0.25) is 5.82 Å². The van der Waals surface area contributed by atoms with Crippen molar-refractivity contribution in [2.45, 2.75) is 6.92 Å². The van der Waals surface area contributed by atoms with Crippen LogP contribution in [0.25, 0.3) is 0 Å². The fourth-order valence-electron chi connectivity index (χ4n) is 2.71. The van der Waals surface area contributed by atoms with Gasteiger partial charge in [-0.1, -0.05) is 6.07 Å². The Morgan fingerprint density at radius 2 is 1.96 bits per heavy atom. The highest BCUT2D eigenvalue weighted by molar-refractivity contribution is 5.94. The van der Waals surface area contributed by atoms with Crippen molar-refractivity contribution in [2.24, 2.45) is 0 Å². The van der Waals surface area contributed by atoms with Crippen LogP contribution in [0.2, 0.25) is 0 Å². The van der Waals surface area contributed by atoms with E-state index in [0.717, 1.165) is 5.69 Å². The lowest BCUT2D eigenvalue weighted by atomic mass is 10.2. The summed E-state index contributed by atoms with van der Waals surface area (Å²) in [7, 11) is 0. The van der Waals surface area contributed by atoms with Crippen LogP contribution in [0.15, 0.2) is 36.5 Å². The highest BCUT2D eigenvalue weighted by atomic mass is 16.6. The van der Waals surface area contributed by atoms with E-state index in [2.05, 4.69) is 21.8 Å². The van der Waals surface area contributed by atoms with Gasteiger partial charge < -0.3 is 9.80 Å². The summed E-state index contributed by atoms with van der Waals surface area (Å²) in [5.41, 5.74) is 1.37. The first-order valence-electron chi connectivity index (χ1n) is 8.13. The van der Waals surface area contributed by atoms with Gasteiger partial charge in [0.15, 0.2) is 0 Å². The second kappa shape index (κ2) is 7.61. The molecule has 0 aromatic carbocycles. The van der Waals surface area contributed by atoms with Crippen LogP contribution in [0, 0.1) is 28.9 Å². The van der Waals surface area contributed by atoms with Gasteiger partial charge in [0.1, 0.15) is 5.69 Å². The Hall–Kier alpha value is -3.47. The number of hydrogen-bond acceptors (Lipinski definition) is 6. The third-order valence-corrected chi connectivity index (χ3v) is 4.02. The third kappa shape index (κ3) is 3.95. The summed E-state index contributed by atoms with van der Waals surface area (Å²) in [5.74, 6) is 5.45. The van der Waals surface area contributed by atoms with Crippen LogP contribution in [0.5, 0.6) is 0 Å². The van der Waals surface area contributed by atoms with E-state index in [1.807, 2.05) is 24.0 Å². The number of aryl methyl sites for hydroxylation is 1. The maximum atomic E-state index is 12.3. The molecule has 3 rings (SSSR count). The summed E-state index contributed by atoms with van der Waals surface area (Å²) in [6, 6.07) is 8.43. The number of hydrogen-bond donors (Lipinski definition) is 0. The van der Waals surface area contributed by atoms with E-state index in [9.17, 15) is 14.9 Å². The number of anilines is 1. The van der Waals surface area contributed by atoms with Gasteiger partial charge in [-0.25, -0.2) is 9.97 Å². The summed E-state index contributed by atoms with van der Waals surface area (Å²) in [4.78, 5) is 34.8. The highest BCUT2D eigenvalue weighted by Crippen LogP contribution is 2.25. The van der Waals surface area contributed by atoms with Gasteiger partial charge in [-0.3, -0.25) is 14.9 Å². The van der Waals surface area contributed by atoms with E-state index in [-0.39, 0.29) is 11.6 Å². The van der Waals surface area contributed by atoms with E-state index in [0.29, 0.717) is 37.7 Å². The molecule has 8 nitrogen and oxygen atoms in total. The zero-order chi connectivity index (χ0) is 18.5. The minimum atomic E-state index is -0.444. The van der Waals surface area contributed by atoms with Crippen LogP contribution in [-0.2, 0) is 4.79 Å². The fraction of sp³-hybridized carbons (Fsp3) is 0.278. The maximum Gasteiger partial charge on any atom is 0.311 e. The molecule has 0 atom stereocenters. The van der Waals surface area contributed by atoms with Crippen molar-refractivity contribution in [2.75, 3.05) is 31.1 Å². The largest absolute Gasteiger partial charge is 0.347 e. The van der Waals surface area contributed by atoms with E-state index in [1.54, 1.807) is 11.0 Å². The second-order valence-electron chi connectivity index (χ2n) is 5.80. The van der Waals surface area contributed by atoms with Gasteiger partial charge in [-0.2, -0.15) is 0 Å². The number of aromatic nitrogens is 2. The zero-order valence-electron chi connectivity index (χ0n) is 14.3. The predicted molar refractivity (Wildman–Crippen MR) is 95.5 cm³/mol. The molecule has 0 saturated carbocycles. The van der Waals surface area contributed by atoms with E-state index < -0.39 is 4.92 Å². The van der Waals surface area contributed by atoms with Crippen molar-refractivity contribution >= 4 is 17.4 Å². The molecule has 1 aliphatic rings. The monoisotopic (exact) mass is 351 g/mol. The molecule has 8 heteroatoms. The van der Waals surface area contributed by atoms with Crippen molar-refractivity contribution in [3.8, 4) is 11.8 Å². The molecule has 0 spiro atoms. The molecular weight excluding hydrogens is 334 g/mol. The number of carbonyl (C=O) groups is 1. The molecule has 0 bridgehead atoms. The van der Waals surface area contributed by atoms with Crippen LogP contribution in [0.3, 0.4) is 0 Å². The number of nitrogens with zero attached hydrogens (tertiary/aromatic N) is 5. The molecule has 1 saturated heterocycles. The van der Waals surface area contributed by atoms with Crippen molar-refractivity contribution in [1.29, 1.82) is 0 Å². The average molecular weight is 351 g/mol. The molecular formula is C18H17N5O3. The molecule has 1 amide bonds. The Balaban J connectivity index is 1.64. The first kappa shape index (κ1) is 17.4. The lowest BCUT2D eigenvalue weighted by Crippen LogP contribution is -2.48. The van der Waals surface area contributed by atoms with E-state index >= 15 is 0 Å². The van der Waals surface area contributed by atoms with E-state index in [1.165, 1.54) is 18.3 Å². The summed E-state index contributed by atoms with van der Waals surface area (Å²) >= 11 is 0. The third-order valence-electron chi connectivity index (χ3n) is 4.02. The molecule has 26 heavy (non-hydrogen) atoms. The van der Waals surface area contributed by atoms with Gasteiger partial charge in [-0.05, 0) is 31.0 Å². The summed E-state index contributed by atoms with van der Waals surface area (Å²) < 4.78 is 0. The number of rotatable bonds is 2. The summed E-state index contributed by atoms with van der Waals surface area (Å²) in [6.45, 7) is 3.66. The van der Waals surface area contributed by atoms with Crippen molar-refractivity contribution in [1.82, 2.24) is 14.9 Å². The molecule has 1 aliphatic heterocycles. The fourth-order valence-corrected chi connectivity index (χ4v) is 2.71. The van der Waals surface area contributed by atoms with Gasteiger partial charge in [-0.15, -0.1) is 0 Å². The SMILES string of the molecule is Cc1cccc(C#CC(=O)N2CCN(c3ncccc3[N+](=O)[O-])CC2)n1. The lowest BCUT2D eigenvalue weighted by molar-refractivity contribution is -0.384. The molecule has 2 aromatic rings. The first-order chi connectivity index (χ1) is 12.5. The first-order valence-corrected chi connectivity index (χ1v) is 8.13. The lowest BCUT2D eigenvalue weighted by Gasteiger charge is -2.34. The van der Waals surface area contributed by atoms with Gasteiger partial charge >= 0.3 is 5.69 Å². The summed E-state index contributed by atoms with van der Waals surface area (Å²) in [5, 5.41) is 11.1. The molecule has 0 unspecified atom stereocenters. The molecule has 2 aromatic heterocycles. The van der Waals surface area contributed by atoms with Gasteiger partial charge in [0.25, 0.3) is 5.91 Å². The van der Waals surface area contributed by atoms with Crippen LogP contribution in [0.4, 0.5) is 11.5 Å². The highest BCUT2D eigenvalue weighted by Gasteiger charge is 2.26. The van der Waals surface area contributed by atoms with Gasteiger partial charge in [0, 0.05) is 50.1 Å². The van der Waals surface area contributed by atoms with Crippen LogP contribution in [0.1, 0.15) is 11.4 Å². The Kier molecular flexibility index (Phi) is 5.08. The van der Waals surface area contributed by atoms with E-state index in [4.69, 9.17) is 0 Å². The number of carbonyl (C=O) groups excluding carboxylic acids is 1. The average Bonchev–Trinajstić information content (AvgIpc) is 2.66. The normalized spacial score (nSPS) is 13.7. The number of amides is 1. The zero-order valence-corrected chi connectivity index (χ0v) is 14.3. The second-order valence-corrected chi connectivity index (χ2v) is 5.80. The van der Waals surface area contributed by atoms with Crippen LogP contribution >= 0.6 is 0 Å². The summed E-state index contributed by atoms with van der Waals surface area (Å²) in [6.07, 6.45) is 1.53. The number of nitro groups is 1. The Morgan fingerprint density at radius 3 is 2.65 bits per heavy atom. The molecule has 0 aliphatic carbocycles. The molecule has 1 fully saturated rings. The Labute approximate surface area is 150 Å². The topological polar surface area (TPSA) is 92.5 Å². The molecule has 0 radical (unpaired) electrons. The maximum absolute atomic E-state index is 12.3. The smallest absolute Gasteiger partial charge is 0.311 e. The van der Waals surface area contributed by atoms with Crippen molar-refractivity contribution in [3.05, 3.63) is 58.0 Å². The standard InChI is InChI=1S/C18H17N5O3/c1-14-4-2-5-15(20-14)7-8-17(24)21-10-12-22(13-11-21)18-16(23(25)26)6-3-9-19-18/h2-6,9H,10-13H2,1H3. The Bertz CT molecular complexity index is 895. The number of piperazine rings is 1. The molecule has 3 heterocycles. The predicted octanol–water partition coefficient (Wildman–Crippen LogP) is 1.39. The molecule has 132 valence electrons. The quantitative estimate of drug-likeness (QED) is 0.461. The minimum Gasteiger partial charge on any atom is -0.347 e.